The minimum Gasteiger partial charge on any atom is -0.306 e. The Kier molecular flexibility index (Phi) is 2.98. The lowest BCUT2D eigenvalue weighted by Gasteiger charge is -2.15. The van der Waals surface area contributed by atoms with Gasteiger partial charge in [-0.1, -0.05) is 6.07 Å². The number of rotatable bonds is 4. The van der Waals surface area contributed by atoms with E-state index in [1.54, 1.807) is 6.07 Å². The third kappa shape index (κ3) is 2.50. The first-order valence-corrected chi connectivity index (χ1v) is 5.75. The van der Waals surface area contributed by atoms with Crippen molar-refractivity contribution >= 4 is 11.6 Å². The lowest BCUT2D eigenvalue weighted by atomic mass is 10.1. The second-order valence-electron chi connectivity index (χ2n) is 4.34. The molecule has 0 spiro atoms. The van der Waals surface area contributed by atoms with E-state index < -0.39 is 0 Å². The van der Waals surface area contributed by atoms with Crippen molar-refractivity contribution < 1.29 is 4.39 Å². The topological polar surface area (TPSA) is 12.0 Å². The van der Waals surface area contributed by atoms with Crippen LogP contribution in [0.5, 0.6) is 0 Å². The average molecular weight is 228 g/mol. The van der Waals surface area contributed by atoms with Gasteiger partial charge in [0, 0.05) is 18.0 Å². The first-order valence-electron chi connectivity index (χ1n) is 5.21. The molecule has 1 aliphatic carbocycles. The minimum atomic E-state index is -0.173. The van der Waals surface area contributed by atoms with Crippen molar-refractivity contribution in [3.63, 3.8) is 0 Å². The summed E-state index contributed by atoms with van der Waals surface area (Å²) in [5.74, 6) is 0.467. The number of halogens is 2. The molecule has 1 N–H and O–H groups in total. The zero-order chi connectivity index (χ0) is 10.9. The predicted molar refractivity (Wildman–Crippen MR) is 60.7 cm³/mol. The lowest BCUT2D eigenvalue weighted by Crippen LogP contribution is -2.32. The molecule has 82 valence electrons. The van der Waals surface area contributed by atoms with Crippen LogP contribution in [0.2, 0.25) is 0 Å². The summed E-state index contributed by atoms with van der Waals surface area (Å²) in [6.07, 6.45) is 2.26. The van der Waals surface area contributed by atoms with Gasteiger partial charge in [-0.3, -0.25) is 0 Å². The van der Waals surface area contributed by atoms with E-state index in [2.05, 4.69) is 5.32 Å². The molecular formula is C12H15ClFN. The summed E-state index contributed by atoms with van der Waals surface area (Å²) < 4.78 is 13.0. The van der Waals surface area contributed by atoms with Crippen LogP contribution < -0.4 is 5.32 Å². The summed E-state index contributed by atoms with van der Waals surface area (Å²) in [5, 5.41) is 3.41. The molecule has 2 rings (SSSR count). The second-order valence-corrected chi connectivity index (χ2v) is 4.61. The Morgan fingerprint density at radius 2 is 2.20 bits per heavy atom. The van der Waals surface area contributed by atoms with Crippen LogP contribution in [0.1, 0.15) is 24.0 Å². The number of benzene rings is 1. The van der Waals surface area contributed by atoms with Gasteiger partial charge in [0.1, 0.15) is 5.82 Å². The third-order valence-electron chi connectivity index (χ3n) is 3.07. The Labute approximate surface area is 94.6 Å². The van der Waals surface area contributed by atoms with E-state index in [4.69, 9.17) is 11.6 Å². The molecule has 0 aromatic heterocycles. The van der Waals surface area contributed by atoms with E-state index in [0.717, 1.165) is 24.0 Å². The van der Waals surface area contributed by atoms with Gasteiger partial charge in [-0.05, 0) is 43.0 Å². The lowest BCUT2D eigenvalue weighted by molar-refractivity contribution is 0.538. The molecule has 1 aromatic rings. The minimum absolute atomic E-state index is 0.125. The normalized spacial score (nSPS) is 17.8. The highest BCUT2D eigenvalue weighted by atomic mass is 35.5. The van der Waals surface area contributed by atoms with Gasteiger partial charge in [-0.2, -0.15) is 0 Å². The van der Waals surface area contributed by atoms with Gasteiger partial charge >= 0.3 is 0 Å². The Morgan fingerprint density at radius 1 is 1.47 bits per heavy atom. The van der Waals surface area contributed by atoms with Crippen LogP contribution in [0.25, 0.3) is 0 Å². The summed E-state index contributed by atoms with van der Waals surface area (Å²) in [7, 11) is 0. The predicted octanol–water partition coefficient (Wildman–Crippen LogP) is 3.00. The van der Waals surface area contributed by atoms with Crippen molar-refractivity contribution in [2.75, 3.05) is 5.88 Å². The molecule has 0 unspecified atom stereocenters. The number of aryl methyl sites for hydroxylation is 1. The Bertz CT molecular complexity index is 361. The van der Waals surface area contributed by atoms with Gasteiger partial charge in [-0.15, -0.1) is 11.6 Å². The maximum Gasteiger partial charge on any atom is 0.123 e. The zero-order valence-electron chi connectivity index (χ0n) is 8.82. The number of hydrogen-bond acceptors (Lipinski definition) is 1. The maximum absolute atomic E-state index is 13.0. The molecule has 1 saturated carbocycles. The molecule has 1 fully saturated rings. The molecule has 15 heavy (non-hydrogen) atoms. The van der Waals surface area contributed by atoms with Crippen molar-refractivity contribution in [2.45, 2.75) is 31.8 Å². The van der Waals surface area contributed by atoms with Gasteiger partial charge in [0.15, 0.2) is 0 Å². The van der Waals surface area contributed by atoms with E-state index in [0.29, 0.717) is 12.4 Å². The largest absolute Gasteiger partial charge is 0.306 e. The Balaban J connectivity index is 2.01. The van der Waals surface area contributed by atoms with Crippen molar-refractivity contribution in [3.05, 3.63) is 35.1 Å². The third-order valence-corrected chi connectivity index (χ3v) is 3.59. The van der Waals surface area contributed by atoms with Crippen LogP contribution >= 0.6 is 11.6 Å². The standard InChI is InChI=1S/C12H15ClFN/c1-9-2-3-11(14)6-10(9)7-15-12(8-13)4-5-12/h2-3,6,15H,4-5,7-8H2,1H3. The van der Waals surface area contributed by atoms with E-state index in [1.807, 2.05) is 13.0 Å². The smallest absolute Gasteiger partial charge is 0.123 e. The maximum atomic E-state index is 13.0. The number of alkyl halides is 1. The van der Waals surface area contributed by atoms with Crippen molar-refractivity contribution in [1.82, 2.24) is 5.32 Å². The van der Waals surface area contributed by atoms with Crippen molar-refractivity contribution in [2.24, 2.45) is 0 Å². The number of hydrogen-bond donors (Lipinski definition) is 1. The fourth-order valence-electron chi connectivity index (χ4n) is 1.62. The fourth-order valence-corrected chi connectivity index (χ4v) is 1.98. The molecule has 0 atom stereocenters. The molecule has 0 saturated heterocycles. The summed E-state index contributed by atoms with van der Waals surface area (Å²) >= 11 is 5.86. The summed E-state index contributed by atoms with van der Waals surface area (Å²) in [5.41, 5.74) is 2.26. The molecule has 1 nitrogen and oxygen atoms in total. The zero-order valence-corrected chi connectivity index (χ0v) is 9.57. The van der Waals surface area contributed by atoms with Gasteiger partial charge in [-0.25, -0.2) is 4.39 Å². The quantitative estimate of drug-likeness (QED) is 0.780. The Hall–Kier alpha value is -0.600. The van der Waals surface area contributed by atoms with Crippen molar-refractivity contribution in [1.29, 1.82) is 0 Å². The molecule has 3 heteroatoms. The van der Waals surface area contributed by atoms with E-state index in [-0.39, 0.29) is 11.4 Å². The Morgan fingerprint density at radius 3 is 2.80 bits per heavy atom. The van der Waals surface area contributed by atoms with Gasteiger partial charge < -0.3 is 5.32 Å². The highest BCUT2D eigenvalue weighted by Crippen LogP contribution is 2.36. The first-order chi connectivity index (χ1) is 7.15. The van der Waals surface area contributed by atoms with E-state index >= 15 is 0 Å². The second kappa shape index (κ2) is 4.11. The summed E-state index contributed by atoms with van der Waals surface area (Å²) in [6, 6.07) is 4.90. The van der Waals surface area contributed by atoms with E-state index in [9.17, 15) is 4.39 Å². The highest BCUT2D eigenvalue weighted by molar-refractivity contribution is 6.18. The van der Waals surface area contributed by atoms with E-state index in [1.165, 1.54) is 6.07 Å². The van der Waals surface area contributed by atoms with Crippen LogP contribution in [0.4, 0.5) is 4.39 Å². The molecule has 0 amide bonds. The molecule has 1 aromatic carbocycles. The highest BCUT2D eigenvalue weighted by Gasteiger charge is 2.41. The van der Waals surface area contributed by atoms with Gasteiger partial charge in [0.25, 0.3) is 0 Å². The van der Waals surface area contributed by atoms with Crippen LogP contribution in [0.3, 0.4) is 0 Å². The molecule has 0 radical (unpaired) electrons. The van der Waals surface area contributed by atoms with Crippen LogP contribution in [-0.2, 0) is 6.54 Å². The van der Waals surface area contributed by atoms with Gasteiger partial charge in [0.2, 0.25) is 0 Å². The van der Waals surface area contributed by atoms with Crippen LogP contribution in [0.15, 0.2) is 18.2 Å². The monoisotopic (exact) mass is 227 g/mol. The first kappa shape index (κ1) is 10.9. The average Bonchev–Trinajstić information content (AvgIpc) is 3.00. The summed E-state index contributed by atoms with van der Waals surface area (Å²) in [4.78, 5) is 0. The van der Waals surface area contributed by atoms with Crippen molar-refractivity contribution in [3.8, 4) is 0 Å². The van der Waals surface area contributed by atoms with Crippen LogP contribution in [-0.4, -0.2) is 11.4 Å². The molecule has 0 aliphatic heterocycles. The van der Waals surface area contributed by atoms with Crippen LogP contribution in [0, 0.1) is 12.7 Å². The number of nitrogens with one attached hydrogen (secondary N) is 1. The fraction of sp³-hybridized carbons (Fsp3) is 0.500. The molecular weight excluding hydrogens is 213 g/mol. The molecule has 1 aliphatic rings. The van der Waals surface area contributed by atoms with Gasteiger partial charge in [0.05, 0.1) is 0 Å². The SMILES string of the molecule is Cc1ccc(F)cc1CNC1(CCl)CC1. The summed E-state index contributed by atoms with van der Waals surface area (Å²) in [6.45, 7) is 2.70. The molecule has 0 bridgehead atoms. The molecule has 0 heterocycles.